The Balaban J connectivity index is 1.60. The summed E-state index contributed by atoms with van der Waals surface area (Å²) in [5.41, 5.74) is 3.02. The van der Waals surface area contributed by atoms with E-state index < -0.39 is 11.9 Å². The standard InChI is InChI=1S/C32H37FN4O3/c1-22-14-19-27(23(2)21-22)37(30(39)13-8-12-29(38)36-28-11-6-7-20-34-28)31(24-15-17-25(33)18-16-24)32(40)35-26-9-4-3-5-10-26/h6-7,11,14-21,26,31H,3-5,8-10,12-13H2,1-2H3,(H,35,40)(H,34,36,38). The van der Waals surface area contributed by atoms with Gasteiger partial charge in [0, 0.05) is 30.8 Å². The summed E-state index contributed by atoms with van der Waals surface area (Å²) >= 11 is 0. The summed E-state index contributed by atoms with van der Waals surface area (Å²) in [6, 6.07) is 15.7. The van der Waals surface area contributed by atoms with Gasteiger partial charge in [-0.1, -0.05) is 55.2 Å². The highest BCUT2D eigenvalue weighted by Gasteiger charge is 2.34. The van der Waals surface area contributed by atoms with Crippen LogP contribution in [0.4, 0.5) is 15.9 Å². The Morgan fingerprint density at radius 3 is 2.40 bits per heavy atom. The first-order chi connectivity index (χ1) is 19.3. The van der Waals surface area contributed by atoms with E-state index >= 15 is 0 Å². The summed E-state index contributed by atoms with van der Waals surface area (Å²) in [4.78, 5) is 45.9. The maximum atomic E-state index is 13.9. The fraction of sp³-hybridized carbons (Fsp3) is 0.375. The van der Waals surface area contributed by atoms with Crippen LogP contribution in [0.3, 0.4) is 0 Å². The van der Waals surface area contributed by atoms with Gasteiger partial charge in [-0.3, -0.25) is 19.3 Å². The molecule has 2 N–H and O–H groups in total. The summed E-state index contributed by atoms with van der Waals surface area (Å²) < 4.78 is 13.9. The second kappa shape index (κ2) is 13.8. The maximum Gasteiger partial charge on any atom is 0.248 e. The number of amides is 3. The normalized spacial score (nSPS) is 14.3. The SMILES string of the molecule is Cc1ccc(N(C(=O)CCCC(=O)Nc2ccccn2)C(C(=O)NC2CCCCC2)c2ccc(F)cc2)c(C)c1. The van der Waals surface area contributed by atoms with Crippen LogP contribution < -0.4 is 15.5 Å². The highest BCUT2D eigenvalue weighted by atomic mass is 19.1. The molecular formula is C32H37FN4O3. The Morgan fingerprint density at radius 1 is 0.975 bits per heavy atom. The molecule has 3 aromatic rings. The lowest BCUT2D eigenvalue weighted by Gasteiger charge is -2.34. The first-order valence-electron chi connectivity index (χ1n) is 14.0. The third-order valence-electron chi connectivity index (χ3n) is 7.25. The molecule has 0 bridgehead atoms. The molecular weight excluding hydrogens is 507 g/mol. The summed E-state index contributed by atoms with van der Waals surface area (Å²) in [5, 5.41) is 5.91. The van der Waals surface area contributed by atoms with Crippen molar-refractivity contribution < 1.29 is 18.8 Å². The smallest absolute Gasteiger partial charge is 0.248 e. The van der Waals surface area contributed by atoms with Gasteiger partial charge in [0.15, 0.2) is 0 Å². The van der Waals surface area contributed by atoms with E-state index in [9.17, 15) is 18.8 Å². The third-order valence-corrected chi connectivity index (χ3v) is 7.25. The lowest BCUT2D eigenvalue weighted by Crippen LogP contribution is -2.47. The molecule has 1 aliphatic carbocycles. The lowest BCUT2D eigenvalue weighted by molar-refractivity contribution is -0.127. The van der Waals surface area contributed by atoms with Crippen LogP contribution in [-0.2, 0) is 14.4 Å². The van der Waals surface area contributed by atoms with Gasteiger partial charge in [-0.2, -0.15) is 0 Å². The molecule has 0 radical (unpaired) electrons. The van der Waals surface area contributed by atoms with E-state index in [1.165, 1.54) is 17.0 Å². The monoisotopic (exact) mass is 544 g/mol. The largest absolute Gasteiger partial charge is 0.351 e. The predicted molar refractivity (Wildman–Crippen MR) is 154 cm³/mol. The third kappa shape index (κ3) is 7.74. The minimum Gasteiger partial charge on any atom is -0.351 e. The fourth-order valence-electron chi connectivity index (χ4n) is 5.25. The number of nitrogens with zero attached hydrogens (tertiary/aromatic N) is 2. The van der Waals surface area contributed by atoms with Gasteiger partial charge in [-0.05, 0) is 74.6 Å². The number of carbonyl (C=O) groups excluding carboxylic acids is 3. The van der Waals surface area contributed by atoms with Gasteiger partial charge in [0.1, 0.15) is 17.7 Å². The van der Waals surface area contributed by atoms with Crippen LogP contribution in [0.2, 0.25) is 0 Å². The lowest BCUT2D eigenvalue weighted by atomic mass is 9.94. The summed E-state index contributed by atoms with van der Waals surface area (Å²) in [6.07, 6.45) is 7.09. The number of carbonyl (C=O) groups is 3. The number of anilines is 2. The van der Waals surface area contributed by atoms with Crippen molar-refractivity contribution >= 4 is 29.2 Å². The number of benzene rings is 2. The van der Waals surface area contributed by atoms with E-state index in [-0.39, 0.29) is 36.6 Å². The highest BCUT2D eigenvalue weighted by molar-refractivity contribution is 6.02. The van der Waals surface area contributed by atoms with Gasteiger partial charge in [0.2, 0.25) is 17.7 Å². The van der Waals surface area contributed by atoms with E-state index in [1.807, 2.05) is 32.0 Å². The molecule has 1 fully saturated rings. The predicted octanol–water partition coefficient (Wildman–Crippen LogP) is 6.17. The Kier molecular flexibility index (Phi) is 10.00. The van der Waals surface area contributed by atoms with E-state index in [1.54, 1.807) is 36.5 Å². The van der Waals surface area contributed by atoms with Crippen molar-refractivity contribution in [2.75, 3.05) is 10.2 Å². The van der Waals surface area contributed by atoms with Gasteiger partial charge in [-0.15, -0.1) is 0 Å². The molecule has 0 spiro atoms. The van der Waals surface area contributed by atoms with Gasteiger partial charge in [0.25, 0.3) is 0 Å². The van der Waals surface area contributed by atoms with Crippen LogP contribution >= 0.6 is 0 Å². The van der Waals surface area contributed by atoms with Crippen molar-refractivity contribution in [1.82, 2.24) is 10.3 Å². The first-order valence-corrected chi connectivity index (χ1v) is 14.0. The minimum absolute atomic E-state index is 0.0376. The van der Waals surface area contributed by atoms with Crippen molar-refractivity contribution in [3.8, 4) is 0 Å². The summed E-state index contributed by atoms with van der Waals surface area (Å²) in [5.74, 6) is -0.787. The molecule has 1 aliphatic rings. The second-order valence-corrected chi connectivity index (χ2v) is 10.5. The molecule has 3 amide bonds. The number of halogens is 1. The number of aryl methyl sites for hydroxylation is 2. The van der Waals surface area contributed by atoms with Crippen LogP contribution in [0.25, 0.3) is 0 Å². The van der Waals surface area contributed by atoms with Gasteiger partial charge in [-0.25, -0.2) is 9.37 Å². The van der Waals surface area contributed by atoms with E-state index in [0.717, 1.165) is 43.2 Å². The Hall–Kier alpha value is -4.07. The minimum atomic E-state index is -0.987. The second-order valence-electron chi connectivity index (χ2n) is 10.5. The zero-order valence-electron chi connectivity index (χ0n) is 23.2. The van der Waals surface area contributed by atoms with E-state index in [2.05, 4.69) is 15.6 Å². The van der Waals surface area contributed by atoms with Crippen molar-refractivity contribution in [2.24, 2.45) is 0 Å². The molecule has 8 heteroatoms. The zero-order chi connectivity index (χ0) is 28.5. The van der Waals surface area contributed by atoms with Crippen molar-refractivity contribution in [1.29, 1.82) is 0 Å². The number of rotatable bonds is 10. The van der Waals surface area contributed by atoms with Gasteiger partial charge >= 0.3 is 0 Å². The van der Waals surface area contributed by atoms with Crippen LogP contribution in [-0.4, -0.2) is 28.7 Å². The molecule has 0 aliphatic heterocycles. The molecule has 1 unspecified atom stereocenters. The summed E-state index contributed by atoms with van der Waals surface area (Å²) in [6.45, 7) is 3.88. The first kappa shape index (κ1) is 28.9. The molecule has 40 heavy (non-hydrogen) atoms. The number of hydrogen-bond donors (Lipinski definition) is 2. The number of hydrogen-bond acceptors (Lipinski definition) is 4. The van der Waals surface area contributed by atoms with Crippen LogP contribution in [0.5, 0.6) is 0 Å². The van der Waals surface area contributed by atoms with E-state index in [4.69, 9.17) is 0 Å². The molecule has 1 atom stereocenters. The fourth-order valence-corrected chi connectivity index (χ4v) is 5.25. The average molecular weight is 545 g/mol. The summed E-state index contributed by atoms with van der Waals surface area (Å²) in [7, 11) is 0. The Morgan fingerprint density at radius 2 is 1.73 bits per heavy atom. The number of aromatic nitrogens is 1. The van der Waals surface area contributed by atoms with Gasteiger partial charge < -0.3 is 10.6 Å². The van der Waals surface area contributed by atoms with Crippen molar-refractivity contribution in [3.05, 3.63) is 89.4 Å². The molecule has 7 nitrogen and oxygen atoms in total. The van der Waals surface area contributed by atoms with Crippen LogP contribution in [0, 0.1) is 19.7 Å². The average Bonchev–Trinajstić information content (AvgIpc) is 2.94. The topological polar surface area (TPSA) is 91.4 Å². The van der Waals surface area contributed by atoms with Crippen molar-refractivity contribution in [2.45, 2.75) is 77.3 Å². The molecule has 0 saturated heterocycles. The highest BCUT2D eigenvalue weighted by Crippen LogP contribution is 2.33. The molecule has 1 saturated carbocycles. The molecule has 210 valence electrons. The van der Waals surface area contributed by atoms with Crippen LogP contribution in [0.15, 0.2) is 66.9 Å². The van der Waals surface area contributed by atoms with Crippen molar-refractivity contribution in [3.63, 3.8) is 0 Å². The molecule has 4 rings (SSSR count). The van der Waals surface area contributed by atoms with Gasteiger partial charge in [0.05, 0.1) is 0 Å². The maximum absolute atomic E-state index is 13.9. The van der Waals surface area contributed by atoms with E-state index in [0.29, 0.717) is 23.5 Å². The number of pyridine rings is 1. The van der Waals surface area contributed by atoms with Crippen LogP contribution in [0.1, 0.15) is 74.1 Å². The molecule has 2 aromatic carbocycles. The Labute approximate surface area is 235 Å². The quantitative estimate of drug-likeness (QED) is 0.319. The molecule has 1 aromatic heterocycles. The zero-order valence-corrected chi connectivity index (χ0v) is 23.2. The Bertz CT molecular complexity index is 1310. The molecule has 1 heterocycles. The number of nitrogens with one attached hydrogen (secondary N) is 2.